The van der Waals surface area contributed by atoms with Crippen LogP contribution < -0.4 is 0 Å². The molecule has 0 aliphatic carbocycles. The average Bonchev–Trinajstić information content (AvgIpc) is 2.96. The molecule has 94 valence electrons. The Morgan fingerprint density at radius 3 is 2.94 bits per heavy atom. The molecule has 0 radical (unpaired) electrons. The van der Waals surface area contributed by atoms with Crippen LogP contribution in [0.1, 0.15) is 31.6 Å². The van der Waals surface area contributed by atoms with Gasteiger partial charge in [0.1, 0.15) is 0 Å². The van der Waals surface area contributed by atoms with Crippen LogP contribution in [0.15, 0.2) is 0 Å². The van der Waals surface area contributed by atoms with Crippen molar-refractivity contribution in [3.8, 4) is 0 Å². The van der Waals surface area contributed by atoms with Crippen molar-refractivity contribution >= 4 is 5.91 Å². The number of carbonyl (C=O) groups excluding carboxylic acids is 1. The molecule has 1 saturated heterocycles. The maximum atomic E-state index is 12.3. The van der Waals surface area contributed by atoms with Crippen molar-refractivity contribution in [2.45, 2.75) is 31.8 Å². The van der Waals surface area contributed by atoms with Gasteiger partial charge < -0.3 is 4.90 Å². The van der Waals surface area contributed by atoms with Gasteiger partial charge >= 0.3 is 0 Å². The lowest BCUT2D eigenvalue weighted by Crippen LogP contribution is -2.44. The third-order valence-electron chi connectivity index (χ3n) is 3.33. The Kier molecular flexibility index (Phi) is 3.37. The normalized spacial score (nSPS) is 22.1. The fourth-order valence-electron chi connectivity index (χ4n) is 2.07. The van der Waals surface area contributed by atoms with Crippen LogP contribution in [0, 0.1) is 0 Å². The highest BCUT2D eigenvalue weighted by atomic mass is 16.2. The minimum absolute atomic E-state index is 0.0244. The Labute approximate surface area is 100 Å². The number of nitrogens with one attached hydrogen (secondary N) is 1. The molecule has 1 aliphatic rings. The van der Waals surface area contributed by atoms with E-state index in [-0.39, 0.29) is 18.0 Å². The maximum Gasteiger partial charge on any atom is 0.240 e. The minimum atomic E-state index is -0.123. The van der Waals surface area contributed by atoms with E-state index in [9.17, 15) is 4.79 Å². The topological polar surface area (TPSA) is 78.0 Å². The molecule has 1 fully saturated rings. The largest absolute Gasteiger partial charge is 0.331 e. The van der Waals surface area contributed by atoms with Crippen molar-refractivity contribution in [2.75, 3.05) is 20.6 Å². The molecule has 1 unspecified atom stereocenters. The number of tetrazole rings is 1. The molecule has 1 N–H and O–H groups in total. The van der Waals surface area contributed by atoms with Gasteiger partial charge in [0.05, 0.1) is 12.1 Å². The highest BCUT2D eigenvalue weighted by molar-refractivity contribution is 5.82. The number of aromatic amines is 1. The van der Waals surface area contributed by atoms with Crippen molar-refractivity contribution < 1.29 is 4.79 Å². The zero-order valence-electron chi connectivity index (χ0n) is 10.4. The summed E-state index contributed by atoms with van der Waals surface area (Å²) in [4.78, 5) is 16.1. The van der Waals surface area contributed by atoms with Gasteiger partial charge in [-0.15, -0.1) is 10.2 Å². The predicted molar refractivity (Wildman–Crippen MR) is 61.0 cm³/mol. The van der Waals surface area contributed by atoms with Gasteiger partial charge in [0, 0.05) is 6.54 Å². The van der Waals surface area contributed by atoms with Crippen molar-refractivity contribution in [1.29, 1.82) is 0 Å². The third-order valence-corrected chi connectivity index (χ3v) is 3.33. The molecular formula is C10H18N6O. The van der Waals surface area contributed by atoms with Gasteiger partial charge in [-0.1, -0.05) is 5.21 Å². The summed E-state index contributed by atoms with van der Waals surface area (Å²) in [5, 5.41) is 14.0. The van der Waals surface area contributed by atoms with Crippen LogP contribution >= 0.6 is 0 Å². The quantitative estimate of drug-likeness (QED) is 0.790. The van der Waals surface area contributed by atoms with Gasteiger partial charge in [0.2, 0.25) is 5.91 Å². The number of carbonyl (C=O) groups is 1. The van der Waals surface area contributed by atoms with Crippen molar-refractivity contribution in [3.63, 3.8) is 0 Å². The fourth-order valence-corrected chi connectivity index (χ4v) is 2.07. The summed E-state index contributed by atoms with van der Waals surface area (Å²) >= 11 is 0. The van der Waals surface area contributed by atoms with E-state index < -0.39 is 0 Å². The lowest BCUT2D eigenvalue weighted by molar-refractivity contribution is -0.136. The summed E-state index contributed by atoms with van der Waals surface area (Å²) in [7, 11) is 3.81. The van der Waals surface area contributed by atoms with Crippen LogP contribution in [0.2, 0.25) is 0 Å². The van der Waals surface area contributed by atoms with Gasteiger partial charge in [-0.25, -0.2) is 0 Å². The van der Waals surface area contributed by atoms with Gasteiger partial charge in [-0.2, -0.15) is 5.21 Å². The predicted octanol–water partition coefficient (Wildman–Crippen LogP) is -0.187. The van der Waals surface area contributed by atoms with Gasteiger partial charge in [0.15, 0.2) is 5.82 Å². The van der Waals surface area contributed by atoms with E-state index in [4.69, 9.17) is 0 Å². The molecule has 1 aromatic rings. The number of aromatic nitrogens is 4. The first-order valence-electron chi connectivity index (χ1n) is 5.81. The molecule has 1 aliphatic heterocycles. The molecule has 0 spiro atoms. The number of rotatable bonds is 3. The van der Waals surface area contributed by atoms with E-state index in [0.717, 1.165) is 19.4 Å². The molecule has 7 nitrogen and oxygen atoms in total. The van der Waals surface area contributed by atoms with Crippen LogP contribution in [-0.2, 0) is 4.79 Å². The number of likely N-dealkylation sites (N-methyl/N-ethyl adjacent to an activating group) is 1. The second-order valence-corrected chi connectivity index (χ2v) is 4.60. The summed E-state index contributed by atoms with van der Waals surface area (Å²) in [6.07, 6.45) is 1.90. The lowest BCUT2D eigenvalue weighted by atomic mass is 10.2. The van der Waals surface area contributed by atoms with Gasteiger partial charge in [-0.3, -0.25) is 9.69 Å². The summed E-state index contributed by atoms with van der Waals surface area (Å²) in [5.74, 6) is 0.740. The first-order chi connectivity index (χ1) is 8.11. The highest BCUT2D eigenvalue weighted by Crippen LogP contribution is 2.29. The zero-order chi connectivity index (χ0) is 12.4. The second kappa shape index (κ2) is 4.79. The first-order valence-corrected chi connectivity index (χ1v) is 5.81. The van der Waals surface area contributed by atoms with Gasteiger partial charge in [0.25, 0.3) is 0 Å². The van der Waals surface area contributed by atoms with E-state index in [1.165, 1.54) is 0 Å². The molecule has 0 saturated carbocycles. The number of hydrogen-bond donors (Lipinski definition) is 1. The molecule has 0 bridgehead atoms. The number of nitrogens with zero attached hydrogens (tertiary/aromatic N) is 5. The van der Waals surface area contributed by atoms with Crippen LogP contribution in [0.25, 0.3) is 0 Å². The fraction of sp³-hybridized carbons (Fsp3) is 0.800. The van der Waals surface area contributed by atoms with E-state index in [1.54, 1.807) is 0 Å². The van der Waals surface area contributed by atoms with E-state index in [2.05, 4.69) is 20.6 Å². The Bertz CT molecular complexity index is 376. The summed E-state index contributed by atoms with van der Waals surface area (Å²) in [5.41, 5.74) is 0. The summed E-state index contributed by atoms with van der Waals surface area (Å²) in [6.45, 7) is 2.68. The molecule has 2 atom stereocenters. The average molecular weight is 238 g/mol. The summed E-state index contributed by atoms with van der Waals surface area (Å²) in [6, 6.07) is -0.147. The van der Waals surface area contributed by atoms with Crippen molar-refractivity contribution in [1.82, 2.24) is 30.4 Å². The van der Waals surface area contributed by atoms with Gasteiger partial charge in [-0.05, 0) is 33.9 Å². The van der Waals surface area contributed by atoms with Crippen LogP contribution in [0.4, 0.5) is 0 Å². The molecule has 1 amide bonds. The van der Waals surface area contributed by atoms with Crippen molar-refractivity contribution in [3.05, 3.63) is 5.82 Å². The number of hydrogen-bond acceptors (Lipinski definition) is 5. The molecule has 1 aromatic heterocycles. The molecule has 0 aromatic carbocycles. The van der Waals surface area contributed by atoms with Crippen LogP contribution in [0.3, 0.4) is 0 Å². The van der Waals surface area contributed by atoms with E-state index in [1.807, 2.05) is 30.8 Å². The second-order valence-electron chi connectivity index (χ2n) is 4.60. The number of H-pyrrole nitrogens is 1. The van der Waals surface area contributed by atoms with Crippen molar-refractivity contribution in [2.24, 2.45) is 0 Å². The Balaban J connectivity index is 2.12. The van der Waals surface area contributed by atoms with Crippen LogP contribution in [0.5, 0.6) is 0 Å². The lowest BCUT2D eigenvalue weighted by Gasteiger charge is -2.28. The zero-order valence-corrected chi connectivity index (χ0v) is 10.4. The maximum absolute atomic E-state index is 12.3. The number of amides is 1. The van der Waals surface area contributed by atoms with E-state index in [0.29, 0.717) is 5.82 Å². The molecule has 17 heavy (non-hydrogen) atoms. The van der Waals surface area contributed by atoms with Crippen LogP contribution in [-0.4, -0.2) is 63.0 Å². The first kappa shape index (κ1) is 12.0. The van der Waals surface area contributed by atoms with E-state index >= 15 is 0 Å². The minimum Gasteiger partial charge on any atom is -0.331 e. The monoisotopic (exact) mass is 238 g/mol. The third kappa shape index (κ3) is 2.28. The summed E-state index contributed by atoms with van der Waals surface area (Å²) < 4.78 is 0. The Hall–Kier alpha value is -1.50. The Morgan fingerprint density at radius 2 is 2.35 bits per heavy atom. The number of likely N-dealkylation sites (tertiary alicyclic amines) is 1. The molecule has 2 heterocycles. The standard InChI is InChI=1S/C10H18N6O/c1-7(15(2)3)10(17)16-6-4-5-8(16)9-11-13-14-12-9/h7-8H,4-6H2,1-3H3,(H,11,12,13,14)/t7-,8?/m1/s1. The highest BCUT2D eigenvalue weighted by Gasteiger charge is 2.35. The molecule has 7 heteroatoms. The Morgan fingerprint density at radius 1 is 1.59 bits per heavy atom. The molecule has 2 rings (SSSR count). The molecular weight excluding hydrogens is 220 g/mol. The SMILES string of the molecule is C[C@H](C(=O)N1CCCC1c1nn[nH]n1)N(C)C. The smallest absolute Gasteiger partial charge is 0.240 e.